The standard InChI is InChI=1S/C15H22N2O3S/c1-3-10-17(13-6-4-5-7-13)21(18,19)15-9-8-12(16)11-14(15)20-2/h3,8-9,11,13H,1,4-7,10,16H2,2H3. The summed E-state index contributed by atoms with van der Waals surface area (Å²) in [5.41, 5.74) is 6.17. The molecule has 6 heteroatoms. The van der Waals surface area contributed by atoms with Gasteiger partial charge in [-0.25, -0.2) is 8.42 Å². The van der Waals surface area contributed by atoms with Gasteiger partial charge in [-0.2, -0.15) is 4.31 Å². The van der Waals surface area contributed by atoms with Crippen LogP contribution in [0.4, 0.5) is 5.69 Å². The molecule has 0 bridgehead atoms. The second-order valence-electron chi connectivity index (χ2n) is 5.21. The Morgan fingerprint density at radius 3 is 2.67 bits per heavy atom. The molecule has 0 radical (unpaired) electrons. The van der Waals surface area contributed by atoms with Gasteiger partial charge in [-0.15, -0.1) is 6.58 Å². The Morgan fingerprint density at radius 2 is 2.10 bits per heavy atom. The third-order valence-corrected chi connectivity index (χ3v) is 5.77. The average Bonchev–Trinajstić information content (AvgIpc) is 2.97. The van der Waals surface area contributed by atoms with Crippen LogP contribution in [0.2, 0.25) is 0 Å². The Labute approximate surface area is 126 Å². The van der Waals surface area contributed by atoms with Crippen molar-refractivity contribution in [2.45, 2.75) is 36.6 Å². The van der Waals surface area contributed by atoms with E-state index >= 15 is 0 Å². The van der Waals surface area contributed by atoms with Gasteiger partial charge in [-0.1, -0.05) is 18.9 Å². The zero-order chi connectivity index (χ0) is 15.5. The highest BCUT2D eigenvalue weighted by Gasteiger charge is 2.34. The van der Waals surface area contributed by atoms with E-state index in [0.717, 1.165) is 25.7 Å². The smallest absolute Gasteiger partial charge is 0.247 e. The molecule has 0 saturated heterocycles. The molecule has 0 unspecified atom stereocenters. The van der Waals surface area contributed by atoms with Crippen LogP contribution in [0, 0.1) is 0 Å². The molecule has 0 aromatic heterocycles. The predicted molar refractivity (Wildman–Crippen MR) is 83.8 cm³/mol. The molecule has 0 aliphatic heterocycles. The number of anilines is 1. The fourth-order valence-electron chi connectivity index (χ4n) is 2.79. The van der Waals surface area contributed by atoms with Gasteiger partial charge in [0.15, 0.2) is 0 Å². The monoisotopic (exact) mass is 310 g/mol. The van der Waals surface area contributed by atoms with E-state index in [2.05, 4.69) is 6.58 Å². The molecule has 1 saturated carbocycles. The number of benzene rings is 1. The number of nitrogens with zero attached hydrogens (tertiary/aromatic N) is 1. The molecule has 1 aliphatic carbocycles. The van der Waals surface area contributed by atoms with Gasteiger partial charge < -0.3 is 10.5 Å². The van der Waals surface area contributed by atoms with Crippen molar-refractivity contribution in [3.8, 4) is 5.75 Å². The van der Waals surface area contributed by atoms with Crippen LogP contribution in [0.25, 0.3) is 0 Å². The van der Waals surface area contributed by atoms with Gasteiger partial charge >= 0.3 is 0 Å². The first-order valence-electron chi connectivity index (χ1n) is 7.07. The van der Waals surface area contributed by atoms with E-state index in [-0.39, 0.29) is 16.7 Å². The van der Waals surface area contributed by atoms with Gasteiger partial charge in [0.05, 0.1) is 7.11 Å². The third-order valence-electron chi connectivity index (χ3n) is 3.82. The Kier molecular flexibility index (Phi) is 4.90. The average molecular weight is 310 g/mol. The van der Waals surface area contributed by atoms with E-state index in [0.29, 0.717) is 12.2 Å². The minimum absolute atomic E-state index is 0.0373. The number of ether oxygens (including phenoxy) is 1. The van der Waals surface area contributed by atoms with Crippen LogP contribution in [0.1, 0.15) is 25.7 Å². The molecule has 0 amide bonds. The van der Waals surface area contributed by atoms with Crippen LogP contribution in [-0.4, -0.2) is 32.4 Å². The first kappa shape index (κ1) is 15.9. The molecule has 1 aromatic carbocycles. The zero-order valence-corrected chi connectivity index (χ0v) is 13.1. The summed E-state index contributed by atoms with van der Waals surface area (Å²) in [7, 11) is -2.18. The lowest BCUT2D eigenvalue weighted by Crippen LogP contribution is -2.39. The first-order chi connectivity index (χ1) is 10.0. The van der Waals surface area contributed by atoms with Crippen LogP contribution < -0.4 is 10.5 Å². The van der Waals surface area contributed by atoms with Gasteiger partial charge in [-0.05, 0) is 25.0 Å². The van der Waals surface area contributed by atoms with Gasteiger partial charge in [0.2, 0.25) is 10.0 Å². The number of hydrogen-bond acceptors (Lipinski definition) is 4. The lowest BCUT2D eigenvalue weighted by molar-refractivity contribution is 0.343. The normalized spacial score (nSPS) is 16.3. The molecule has 116 valence electrons. The predicted octanol–water partition coefficient (Wildman–Crippen LogP) is 2.40. The number of nitrogen functional groups attached to an aromatic ring is 1. The van der Waals surface area contributed by atoms with E-state index in [1.165, 1.54) is 23.5 Å². The van der Waals surface area contributed by atoms with Crippen molar-refractivity contribution >= 4 is 15.7 Å². The largest absolute Gasteiger partial charge is 0.495 e. The maximum Gasteiger partial charge on any atom is 0.247 e. The number of rotatable bonds is 6. The fraction of sp³-hybridized carbons (Fsp3) is 0.467. The van der Waals surface area contributed by atoms with Crippen molar-refractivity contribution in [3.05, 3.63) is 30.9 Å². The molecule has 1 fully saturated rings. The van der Waals surface area contributed by atoms with Crippen molar-refractivity contribution in [1.29, 1.82) is 0 Å². The minimum Gasteiger partial charge on any atom is -0.495 e. The van der Waals surface area contributed by atoms with E-state index in [4.69, 9.17) is 10.5 Å². The maximum atomic E-state index is 13.0. The Morgan fingerprint density at radius 1 is 1.43 bits per heavy atom. The number of sulfonamides is 1. The van der Waals surface area contributed by atoms with Gasteiger partial charge in [0, 0.05) is 24.3 Å². The van der Waals surface area contributed by atoms with Crippen LogP contribution in [0.5, 0.6) is 5.75 Å². The molecule has 1 aliphatic rings. The Balaban J connectivity index is 2.44. The van der Waals surface area contributed by atoms with E-state index in [1.807, 2.05) is 0 Å². The molecule has 2 N–H and O–H groups in total. The lowest BCUT2D eigenvalue weighted by Gasteiger charge is -2.27. The molecule has 2 rings (SSSR count). The minimum atomic E-state index is -3.62. The fourth-order valence-corrected chi connectivity index (χ4v) is 4.58. The van der Waals surface area contributed by atoms with Crippen molar-refractivity contribution in [2.75, 3.05) is 19.4 Å². The van der Waals surface area contributed by atoms with E-state index < -0.39 is 10.0 Å². The highest BCUT2D eigenvalue weighted by atomic mass is 32.2. The summed E-state index contributed by atoms with van der Waals surface area (Å²) in [6.45, 7) is 3.98. The first-order valence-corrected chi connectivity index (χ1v) is 8.51. The van der Waals surface area contributed by atoms with Crippen molar-refractivity contribution in [3.63, 3.8) is 0 Å². The highest BCUT2D eigenvalue weighted by molar-refractivity contribution is 7.89. The lowest BCUT2D eigenvalue weighted by atomic mass is 10.2. The van der Waals surface area contributed by atoms with Crippen molar-refractivity contribution in [2.24, 2.45) is 0 Å². The topological polar surface area (TPSA) is 72.6 Å². The summed E-state index contributed by atoms with van der Waals surface area (Å²) in [4.78, 5) is 0.160. The summed E-state index contributed by atoms with van der Waals surface area (Å²) in [6, 6.07) is 4.66. The van der Waals surface area contributed by atoms with Crippen molar-refractivity contribution in [1.82, 2.24) is 4.31 Å². The molecule has 0 atom stereocenters. The van der Waals surface area contributed by atoms with Gasteiger partial charge in [0.25, 0.3) is 0 Å². The maximum absolute atomic E-state index is 13.0. The second kappa shape index (κ2) is 6.49. The van der Waals surface area contributed by atoms with E-state index in [9.17, 15) is 8.42 Å². The molecule has 21 heavy (non-hydrogen) atoms. The third kappa shape index (κ3) is 3.22. The molecule has 0 heterocycles. The Hall–Kier alpha value is -1.53. The summed E-state index contributed by atoms with van der Waals surface area (Å²) < 4.78 is 32.6. The summed E-state index contributed by atoms with van der Waals surface area (Å²) in [6.07, 6.45) is 5.54. The van der Waals surface area contributed by atoms with Crippen LogP contribution in [-0.2, 0) is 10.0 Å². The van der Waals surface area contributed by atoms with Crippen LogP contribution >= 0.6 is 0 Å². The second-order valence-corrected chi connectivity index (χ2v) is 7.07. The number of methoxy groups -OCH3 is 1. The van der Waals surface area contributed by atoms with Crippen LogP contribution in [0.15, 0.2) is 35.7 Å². The summed E-state index contributed by atoms with van der Waals surface area (Å²) in [5, 5.41) is 0. The molecule has 1 aromatic rings. The van der Waals surface area contributed by atoms with Crippen molar-refractivity contribution < 1.29 is 13.2 Å². The molecular formula is C15H22N2O3S. The summed E-state index contributed by atoms with van der Waals surface area (Å²) in [5.74, 6) is 0.280. The molecular weight excluding hydrogens is 288 g/mol. The SMILES string of the molecule is C=CCN(C1CCCC1)S(=O)(=O)c1ccc(N)cc1OC. The quantitative estimate of drug-likeness (QED) is 0.647. The highest BCUT2D eigenvalue weighted by Crippen LogP contribution is 2.33. The van der Waals surface area contributed by atoms with Gasteiger partial charge in [-0.3, -0.25) is 0 Å². The number of hydrogen-bond donors (Lipinski definition) is 1. The molecule has 0 spiro atoms. The van der Waals surface area contributed by atoms with Gasteiger partial charge in [0.1, 0.15) is 10.6 Å². The van der Waals surface area contributed by atoms with E-state index in [1.54, 1.807) is 12.1 Å². The van der Waals surface area contributed by atoms with Crippen LogP contribution in [0.3, 0.4) is 0 Å². The summed E-state index contributed by atoms with van der Waals surface area (Å²) >= 11 is 0. The number of nitrogens with two attached hydrogens (primary N) is 1. The zero-order valence-electron chi connectivity index (χ0n) is 12.3. The Bertz CT molecular complexity index is 607. The molecule has 5 nitrogen and oxygen atoms in total.